The van der Waals surface area contributed by atoms with Gasteiger partial charge in [0.15, 0.2) is 0 Å². The average molecular weight is 645 g/mol. The summed E-state index contributed by atoms with van der Waals surface area (Å²) in [5.41, 5.74) is -8.16. The fraction of sp³-hybridized carbons (Fsp3) is 0.182. The summed E-state index contributed by atoms with van der Waals surface area (Å²) in [4.78, 5) is 20.0. The van der Waals surface area contributed by atoms with E-state index in [9.17, 15) is 55.0 Å². The van der Waals surface area contributed by atoms with Crippen LogP contribution in [0.25, 0.3) is 0 Å². The second-order valence-corrected chi connectivity index (χ2v) is 11.8. The van der Waals surface area contributed by atoms with Crippen LogP contribution in [0.15, 0.2) is 59.5 Å². The number of halogens is 7. The number of benzene rings is 3. The number of nitro benzene ring substituents is 2. The highest BCUT2D eigenvalue weighted by Gasteiger charge is 2.44. The van der Waals surface area contributed by atoms with Crippen LogP contribution in [-0.4, -0.2) is 29.0 Å². The maximum absolute atomic E-state index is 14.2. The van der Waals surface area contributed by atoms with Gasteiger partial charge in [-0.2, -0.15) is 26.3 Å². The van der Waals surface area contributed by atoms with E-state index in [0.29, 0.717) is 21.4 Å². The Bertz CT molecular complexity index is 1620. The highest BCUT2D eigenvalue weighted by atomic mass is 35.5. The van der Waals surface area contributed by atoms with Gasteiger partial charge in [0.1, 0.15) is 5.69 Å². The second-order valence-electron chi connectivity index (χ2n) is 8.14. The zero-order valence-electron chi connectivity index (χ0n) is 20.4. The lowest BCUT2D eigenvalue weighted by Gasteiger charge is -2.30. The van der Waals surface area contributed by atoms with Gasteiger partial charge in [0.05, 0.1) is 54.8 Å². The first-order valence-electron chi connectivity index (χ1n) is 10.7. The molecule has 19 heteroatoms. The van der Waals surface area contributed by atoms with E-state index in [-0.39, 0.29) is 39.5 Å². The van der Waals surface area contributed by atoms with Crippen molar-refractivity contribution in [1.82, 2.24) is 3.71 Å². The molecule has 3 aromatic carbocycles. The van der Waals surface area contributed by atoms with Gasteiger partial charge in [0, 0.05) is 13.1 Å². The molecule has 0 aliphatic heterocycles. The predicted molar refractivity (Wildman–Crippen MR) is 137 cm³/mol. The SMILES string of the molecule is Cc1ccc(S(=O)(=O)N(C)SN(c2cc(C(F)(F)F)ccc2Cl)c2c([N+](=O)[O-])cc([N+](=O)[O-])cc2C(F)(F)F)cc1. The molecular weight excluding hydrogens is 630 g/mol. The largest absolute Gasteiger partial charge is 0.418 e. The lowest BCUT2D eigenvalue weighted by molar-refractivity contribution is -0.394. The van der Waals surface area contributed by atoms with Crippen LogP contribution in [0.5, 0.6) is 0 Å². The van der Waals surface area contributed by atoms with Gasteiger partial charge in [0.2, 0.25) is 0 Å². The number of rotatable bonds is 8. The summed E-state index contributed by atoms with van der Waals surface area (Å²) in [7, 11) is -3.76. The molecule has 0 spiro atoms. The maximum Gasteiger partial charge on any atom is 0.418 e. The first-order valence-corrected chi connectivity index (χ1v) is 13.2. The number of alkyl halides is 6. The maximum atomic E-state index is 14.2. The van der Waals surface area contributed by atoms with Gasteiger partial charge in [-0.1, -0.05) is 29.3 Å². The van der Waals surface area contributed by atoms with E-state index in [0.717, 1.165) is 19.2 Å². The van der Waals surface area contributed by atoms with Crippen LogP contribution in [0.1, 0.15) is 16.7 Å². The molecule has 0 saturated heterocycles. The van der Waals surface area contributed by atoms with Gasteiger partial charge >= 0.3 is 18.0 Å². The van der Waals surface area contributed by atoms with E-state index >= 15 is 0 Å². The fourth-order valence-corrected chi connectivity index (χ4v) is 5.93. The molecule has 0 saturated carbocycles. The van der Waals surface area contributed by atoms with Gasteiger partial charge in [-0.05, 0) is 37.3 Å². The highest BCUT2D eigenvalue weighted by molar-refractivity contribution is 8.09. The summed E-state index contributed by atoms with van der Waals surface area (Å²) in [6, 6.07) is 6.58. The summed E-state index contributed by atoms with van der Waals surface area (Å²) in [6.45, 7) is 1.64. The van der Waals surface area contributed by atoms with E-state index in [1.165, 1.54) is 12.1 Å². The van der Waals surface area contributed by atoms with Crippen LogP contribution < -0.4 is 4.31 Å². The lowest BCUT2D eigenvalue weighted by Crippen LogP contribution is -2.27. The Kier molecular flexibility index (Phi) is 8.83. The van der Waals surface area contributed by atoms with E-state index in [2.05, 4.69) is 0 Å². The van der Waals surface area contributed by atoms with Crippen molar-refractivity contribution in [2.24, 2.45) is 0 Å². The number of nitrogens with zero attached hydrogens (tertiary/aromatic N) is 4. The Morgan fingerprint density at radius 2 is 1.46 bits per heavy atom. The zero-order chi connectivity index (χ0) is 31.1. The highest BCUT2D eigenvalue weighted by Crippen LogP contribution is 2.51. The van der Waals surface area contributed by atoms with Crippen LogP contribution in [0, 0.1) is 27.2 Å². The third-order valence-corrected chi connectivity index (χ3v) is 8.76. The lowest BCUT2D eigenvalue weighted by atomic mass is 10.1. The summed E-state index contributed by atoms with van der Waals surface area (Å²) >= 11 is 5.87. The van der Waals surface area contributed by atoms with Crippen LogP contribution in [-0.2, 0) is 22.4 Å². The molecular formula is C22H15ClF6N4O6S2. The minimum atomic E-state index is -5.55. The molecule has 0 radical (unpaired) electrons. The topological polar surface area (TPSA) is 127 Å². The van der Waals surface area contributed by atoms with Crippen molar-refractivity contribution < 1.29 is 44.6 Å². The summed E-state index contributed by atoms with van der Waals surface area (Å²) in [5, 5.41) is 22.5. The molecule has 0 aromatic heterocycles. The van der Waals surface area contributed by atoms with Gasteiger partial charge in [-0.15, -0.1) is 3.71 Å². The van der Waals surface area contributed by atoms with Crippen molar-refractivity contribution in [2.75, 3.05) is 11.4 Å². The molecule has 10 nitrogen and oxygen atoms in total. The Hall–Kier alpha value is -3.61. The summed E-state index contributed by atoms with van der Waals surface area (Å²) in [5.74, 6) is 0. The molecule has 3 aromatic rings. The number of non-ortho nitro benzene ring substituents is 1. The molecule has 0 amide bonds. The van der Waals surface area contributed by atoms with Crippen LogP contribution >= 0.6 is 23.7 Å². The molecule has 0 fully saturated rings. The van der Waals surface area contributed by atoms with Gasteiger partial charge in [-0.25, -0.2) is 8.42 Å². The quantitative estimate of drug-likeness (QED) is 0.107. The molecule has 3 rings (SSSR count). The molecule has 0 bridgehead atoms. The number of aryl methyl sites for hydroxylation is 1. The Balaban J connectivity index is 2.41. The smallest absolute Gasteiger partial charge is 0.262 e. The first-order chi connectivity index (χ1) is 18.7. The molecule has 220 valence electrons. The Morgan fingerprint density at radius 1 is 0.878 bits per heavy atom. The Morgan fingerprint density at radius 3 is 1.95 bits per heavy atom. The van der Waals surface area contributed by atoms with Gasteiger partial charge < -0.3 is 0 Å². The standard InChI is InChI=1S/C22H15ClF6N4O6S2/c1-12-3-6-15(7-4-12)41(38,39)30(2)40-31(18-9-13(21(24,25)26)5-8-17(18)23)20-16(22(27,28)29)10-14(32(34)35)11-19(20)33(36)37/h3-11H,1-2H3. The molecule has 0 aliphatic rings. The number of hydrogen-bond donors (Lipinski definition) is 0. The zero-order valence-corrected chi connectivity index (χ0v) is 22.8. The van der Waals surface area contributed by atoms with E-state index < -0.39 is 71.1 Å². The summed E-state index contributed by atoms with van der Waals surface area (Å²) in [6.07, 6.45) is -10.6. The number of anilines is 2. The van der Waals surface area contributed by atoms with Gasteiger partial charge in [0.25, 0.3) is 15.7 Å². The summed E-state index contributed by atoms with van der Waals surface area (Å²) < 4.78 is 110. The molecule has 0 N–H and O–H groups in total. The number of sulfonamides is 1. The number of nitro groups is 2. The minimum Gasteiger partial charge on any atom is -0.262 e. The van der Waals surface area contributed by atoms with Crippen molar-refractivity contribution in [1.29, 1.82) is 0 Å². The van der Waals surface area contributed by atoms with Gasteiger partial charge in [-0.3, -0.25) is 24.5 Å². The molecule has 0 aliphatic carbocycles. The second kappa shape index (κ2) is 11.3. The van der Waals surface area contributed by atoms with Crippen molar-refractivity contribution in [3.05, 3.63) is 96.5 Å². The third kappa shape index (κ3) is 6.83. The number of hydrogen-bond acceptors (Lipinski definition) is 8. The van der Waals surface area contributed by atoms with E-state index in [1.54, 1.807) is 6.92 Å². The monoisotopic (exact) mass is 644 g/mol. The molecule has 0 atom stereocenters. The van der Waals surface area contributed by atoms with Crippen molar-refractivity contribution in [3.63, 3.8) is 0 Å². The predicted octanol–water partition coefficient (Wildman–Crippen LogP) is 7.52. The van der Waals surface area contributed by atoms with Crippen LogP contribution in [0.4, 0.5) is 49.1 Å². The molecule has 0 heterocycles. The van der Waals surface area contributed by atoms with Crippen LogP contribution in [0.3, 0.4) is 0 Å². The average Bonchev–Trinajstić information content (AvgIpc) is 2.85. The third-order valence-electron chi connectivity index (χ3n) is 5.34. The fourth-order valence-electron chi connectivity index (χ4n) is 3.35. The van der Waals surface area contributed by atoms with E-state index in [4.69, 9.17) is 11.6 Å². The van der Waals surface area contributed by atoms with Crippen molar-refractivity contribution in [2.45, 2.75) is 24.2 Å². The molecule has 0 unspecified atom stereocenters. The Labute approximate surface area is 236 Å². The van der Waals surface area contributed by atoms with Crippen molar-refractivity contribution in [3.8, 4) is 0 Å². The van der Waals surface area contributed by atoms with Crippen molar-refractivity contribution >= 4 is 56.5 Å². The van der Waals surface area contributed by atoms with E-state index in [1.807, 2.05) is 0 Å². The molecule has 41 heavy (non-hydrogen) atoms. The first kappa shape index (κ1) is 31.9. The normalized spacial score (nSPS) is 12.4. The minimum absolute atomic E-state index is 0.0636. The van der Waals surface area contributed by atoms with Crippen LogP contribution in [0.2, 0.25) is 5.02 Å².